The second-order valence-corrected chi connectivity index (χ2v) is 6.26. The van der Waals surface area contributed by atoms with Crippen molar-refractivity contribution >= 4 is 10.9 Å². The summed E-state index contributed by atoms with van der Waals surface area (Å²) in [5, 5.41) is 11.9. The SMILES string of the molecule is COc1ccc([C@@H](CN(C)C)NCc2ccc3cn[nH]c3c2)cc1. The van der Waals surface area contributed by atoms with Gasteiger partial charge in [-0.3, -0.25) is 5.10 Å². The smallest absolute Gasteiger partial charge is 0.118 e. The largest absolute Gasteiger partial charge is 0.497 e. The number of H-pyrrole nitrogens is 1. The molecule has 0 aliphatic carbocycles. The molecule has 0 spiro atoms. The lowest BCUT2D eigenvalue weighted by molar-refractivity contribution is 0.340. The molecule has 1 aromatic heterocycles. The van der Waals surface area contributed by atoms with E-state index in [1.165, 1.54) is 11.1 Å². The summed E-state index contributed by atoms with van der Waals surface area (Å²) in [6, 6.07) is 14.9. The van der Waals surface area contributed by atoms with Crippen molar-refractivity contribution in [3.63, 3.8) is 0 Å². The van der Waals surface area contributed by atoms with Gasteiger partial charge in [-0.25, -0.2) is 0 Å². The van der Waals surface area contributed by atoms with Crippen molar-refractivity contribution in [1.29, 1.82) is 0 Å². The summed E-state index contributed by atoms with van der Waals surface area (Å²) in [7, 11) is 5.87. The zero-order valence-electron chi connectivity index (χ0n) is 14.4. The second-order valence-electron chi connectivity index (χ2n) is 6.26. The fourth-order valence-electron chi connectivity index (χ4n) is 2.82. The van der Waals surface area contributed by atoms with Gasteiger partial charge in [0.05, 0.1) is 18.8 Å². The fraction of sp³-hybridized carbons (Fsp3) is 0.316. The van der Waals surface area contributed by atoms with E-state index in [0.717, 1.165) is 29.7 Å². The molecule has 1 atom stereocenters. The summed E-state index contributed by atoms with van der Waals surface area (Å²) in [5.74, 6) is 0.882. The summed E-state index contributed by atoms with van der Waals surface area (Å²) >= 11 is 0. The number of rotatable bonds is 7. The van der Waals surface area contributed by atoms with Gasteiger partial charge in [0, 0.05) is 24.5 Å². The number of hydrogen-bond donors (Lipinski definition) is 2. The van der Waals surface area contributed by atoms with Gasteiger partial charge < -0.3 is 15.0 Å². The third kappa shape index (κ3) is 3.93. The number of fused-ring (bicyclic) bond motifs is 1. The van der Waals surface area contributed by atoms with Gasteiger partial charge in [0.15, 0.2) is 0 Å². The van der Waals surface area contributed by atoms with Gasteiger partial charge in [0.25, 0.3) is 0 Å². The highest BCUT2D eigenvalue weighted by molar-refractivity contribution is 5.78. The normalized spacial score (nSPS) is 12.7. The number of hydrogen-bond acceptors (Lipinski definition) is 4. The van der Waals surface area contributed by atoms with E-state index in [-0.39, 0.29) is 6.04 Å². The second kappa shape index (κ2) is 7.47. The van der Waals surface area contributed by atoms with Crippen molar-refractivity contribution in [2.45, 2.75) is 12.6 Å². The van der Waals surface area contributed by atoms with Crippen LogP contribution in [0.2, 0.25) is 0 Å². The predicted molar refractivity (Wildman–Crippen MR) is 97.2 cm³/mol. The molecule has 0 radical (unpaired) electrons. The molecule has 2 N–H and O–H groups in total. The molecule has 2 aromatic carbocycles. The topological polar surface area (TPSA) is 53.2 Å². The molecule has 0 aliphatic rings. The summed E-state index contributed by atoms with van der Waals surface area (Å²) in [6.07, 6.45) is 1.85. The van der Waals surface area contributed by atoms with Crippen LogP contribution >= 0.6 is 0 Å². The molecule has 0 aliphatic heterocycles. The van der Waals surface area contributed by atoms with E-state index in [2.05, 4.69) is 64.8 Å². The Bertz CT molecular complexity index is 779. The van der Waals surface area contributed by atoms with Crippen LogP contribution in [0.3, 0.4) is 0 Å². The zero-order valence-corrected chi connectivity index (χ0v) is 14.4. The van der Waals surface area contributed by atoms with Crippen molar-refractivity contribution < 1.29 is 4.74 Å². The third-order valence-corrected chi connectivity index (χ3v) is 4.12. The monoisotopic (exact) mass is 324 g/mol. The zero-order chi connectivity index (χ0) is 16.9. The predicted octanol–water partition coefficient (Wildman–Crippen LogP) is 2.96. The lowest BCUT2D eigenvalue weighted by Gasteiger charge is -2.23. The Morgan fingerprint density at radius 2 is 1.96 bits per heavy atom. The molecule has 3 rings (SSSR count). The van der Waals surface area contributed by atoms with Crippen molar-refractivity contribution in [3.8, 4) is 5.75 Å². The lowest BCUT2D eigenvalue weighted by Crippen LogP contribution is -2.30. The fourth-order valence-corrected chi connectivity index (χ4v) is 2.82. The summed E-state index contributed by atoms with van der Waals surface area (Å²) in [4.78, 5) is 2.19. The standard InChI is InChI=1S/C19H24N4O/c1-23(2)13-19(15-6-8-17(24-3)9-7-15)20-11-14-4-5-16-12-21-22-18(16)10-14/h4-10,12,19-20H,11,13H2,1-3H3,(H,21,22)/t19-/m1/s1. The highest BCUT2D eigenvalue weighted by Gasteiger charge is 2.12. The minimum atomic E-state index is 0.253. The number of ether oxygens (including phenoxy) is 1. The van der Waals surface area contributed by atoms with Crippen LogP contribution in [-0.2, 0) is 6.54 Å². The number of nitrogens with one attached hydrogen (secondary N) is 2. The molecule has 0 unspecified atom stereocenters. The summed E-state index contributed by atoms with van der Waals surface area (Å²) in [5.41, 5.74) is 3.57. The number of aromatic amines is 1. The van der Waals surface area contributed by atoms with Gasteiger partial charge in [0.1, 0.15) is 5.75 Å². The number of likely N-dealkylation sites (N-methyl/N-ethyl adjacent to an activating group) is 1. The Kier molecular flexibility index (Phi) is 5.13. The van der Waals surface area contributed by atoms with E-state index < -0.39 is 0 Å². The number of nitrogens with zero attached hydrogens (tertiary/aromatic N) is 2. The Balaban J connectivity index is 1.73. The first-order valence-electron chi connectivity index (χ1n) is 8.10. The molecule has 5 nitrogen and oxygen atoms in total. The van der Waals surface area contributed by atoms with Crippen LogP contribution in [0.1, 0.15) is 17.2 Å². The molecule has 24 heavy (non-hydrogen) atoms. The molecular weight excluding hydrogens is 300 g/mol. The first kappa shape index (κ1) is 16.5. The Morgan fingerprint density at radius 3 is 2.67 bits per heavy atom. The molecule has 0 saturated heterocycles. The maximum absolute atomic E-state index is 5.25. The molecular formula is C19H24N4O. The minimum Gasteiger partial charge on any atom is -0.497 e. The van der Waals surface area contributed by atoms with E-state index in [9.17, 15) is 0 Å². The van der Waals surface area contributed by atoms with Crippen LogP contribution in [-0.4, -0.2) is 42.8 Å². The highest BCUT2D eigenvalue weighted by atomic mass is 16.5. The molecule has 0 bridgehead atoms. The maximum atomic E-state index is 5.25. The van der Waals surface area contributed by atoms with Gasteiger partial charge in [-0.2, -0.15) is 5.10 Å². The van der Waals surface area contributed by atoms with Crippen LogP contribution < -0.4 is 10.1 Å². The Hall–Kier alpha value is -2.37. The first-order chi connectivity index (χ1) is 11.7. The summed E-state index contributed by atoms with van der Waals surface area (Å²) in [6.45, 7) is 1.73. The molecule has 0 saturated carbocycles. The third-order valence-electron chi connectivity index (χ3n) is 4.12. The molecule has 1 heterocycles. The average molecular weight is 324 g/mol. The molecule has 5 heteroatoms. The number of aromatic nitrogens is 2. The van der Waals surface area contributed by atoms with Crippen molar-refractivity contribution in [3.05, 3.63) is 59.8 Å². The Morgan fingerprint density at radius 1 is 1.17 bits per heavy atom. The van der Waals surface area contributed by atoms with Crippen LogP contribution in [0.25, 0.3) is 10.9 Å². The van der Waals surface area contributed by atoms with Crippen molar-refractivity contribution in [2.75, 3.05) is 27.7 Å². The number of benzene rings is 2. The van der Waals surface area contributed by atoms with Crippen LogP contribution in [0.4, 0.5) is 0 Å². The lowest BCUT2D eigenvalue weighted by atomic mass is 10.1. The van der Waals surface area contributed by atoms with Crippen molar-refractivity contribution in [1.82, 2.24) is 20.4 Å². The van der Waals surface area contributed by atoms with Gasteiger partial charge in [-0.05, 0) is 43.4 Å². The Labute approximate surface area is 142 Å². The average Bonchev–Trinajstić information content (AvgIpc) is 3.06. The molecule has 0 amide bonds. The van der Waals surface area contributed by atoms with E-state index in [1.54, 1.807) is 7.11 Å². The van der Waals surface area contributed by atoms with Gasteiger partial charge in [-0.1, -0.05) is 24.3 Å². The first-order valence-corrected chi connectivity index (χ1v) is 8.10. The number of methoxy groups -OCH3 is 1. The van der Waals surface area contributed by atoms with E-state index in [1.807, 2.05) is 18.3 Å². The van der Waals surface area contributed by atoms with Gasteiger partial charge in [0.2, 0.25) is 0 Å². The van der Waals surface area contributed by atoms with Crippen LogP contribution in [0.5, 0.6) is 5.75 Å². The molecule has 3 aromatic rings. The van der Waals surface area contributed by atoms with Gasteiger partial charge in [-0.15, -0.1) is 0 Å². The molecule has 126 valence electrons. The molecule has 0 fully saturated rings. The summed E-state index contributed by atoms with van der Waals surface area (Å²) < 4.78 is 5.25. The maximum Gasteiger partial charge on any atom is 0.118 e. The van der Waals surface area contributed by atoms with E-state index >= 15 is 0 Å². The van der Waals surface area contributed by atoms with Gasteiger partial charge >= 0.3 is 0 Å². The van der Waals surface area contributed by atoms with E-state index in [0.29, 0.717) is 0 Å². The van der Waals surface area contributed by atoms with Crippen LogP contribution in [0, 0.1) is 0 Å². The van der Waals surface area contributed by atoms with Crippen molar-refractivity contribution in [2.24, 2.45) is 0 Å². The minimum absolute atomic E-state index is 0.253. The van der Waals surface area contributed by atoms with Crippen LogP contribution in [0.15, 0.2) is 48.7 Å². The quantitative estimate of drug-likeness (QED) is 0.701. The van der Waals surface area contributed by atoms with E-state index in [4.69, 9.17) is 4.74 Å². The highest BCUT2D eigenvalue weighted by Crippen LogP contribution is 2.19.